The van der Waals surface area contributed by atoms with Crippen LogP contribution in [0.1, 0.15) is 68.6 Å². The van der Waals surface area contributed by atoms with E-state index in [2.05, 4.69) is 60.0 Å². The largest absolute Gasteiger partial charge is 0.354 e. The number of rotatable bonds is 6. The zero-order chi connectivity index (χ0) is 24.0. The number of ketones is 1. The number of halogens is 1. The number of fused-ring (bicyclic) bond motifs is 2. The van der Waals surface area contributed by atoms with Gasteiger partial charge in [0.15, 0.2) is 5.65 Å². The highest BCUT2D eigenvalue weighted by molar-refractivity contribution is 6.34. The smallest absolute Gasteiger partial charge is 0.155 e. The molecule has 6 heteroatoms. The number of likely N-dealkylation sites (tertiary alicyclic amines) is 1. The van der Waals surface area contributed by atoms with Crippen molar-refractivity contribution in [1.82, 2.24) is 19.3 Å². The Kier molecular flexibility index (Phi) is 6.26. The fraction of sp³-hybridized carbons (Fsp3) is 0.429. The van der Waals surface area contributed by atoms with Crippen LogP contribution in [0.3, 0.4) is 0 Å². The third kappa shape index (κ3) is 4.05. The Bertz CT molecular complexity index is 1360. The Morgan fingerprint density at radius 2 is 2.03 bits per heavy atom. The van der Waals surface area contributed by atoms with Crippen LogP contribution in [0.5, 0.6) is 0 Å². The maximum Gasteiger partial charge on any atom is 0.155 e. The number of benzene rings is 1. The molecule has 0 unspecified atom stereocenters. The van der Waals surface area contributed by atoms with Gasteiger partial charge in [0.1, 0.15) is 5.78 Å². The average molecular weight is 477 g/mol. The summed E-state index contributed by atoms with van der Waals surface area (Å²) in [5.74, 6) is 1.23. The third-order valence-corrected chi connectivity index (χ3v) is 7.88. The number of aromatic amines is 1. The third-order valence-electron chi connectivity index (χ3n) is 7.43. The molecule has 0 radical (unpaired) electrons. The number of hydrogen-bond acceptors (Lipinski definition) is 3. The van der Waals surface area contributed by atoms with Crippen molar-refractivity contribution in [1.29, 1.82) is 0 Å². The zero-order valence-corrected chi connectivity index (χ0v) is 21.2. The maximum absolute atomic E-state index is 11.8. The van der Waals surface area contributed by atoms with Crippen molar-refractivity contribution < 1.29 is 4.79 Å². The van der Waals surface area contributed by atoms with Crippen LogP contribution in [-0.2, 0) is 4.79 Å². The molecule has 5 rings (SSSR count). The number of pyridine rings is 1. The van der Waals surface area contributed by atoms with Gasteiger partial charge in [-0.15, -0.1) is 0 Å². The fourth-order valence-electron chi connectivity index (χ4n) is 5.44. The van der Waals surface area contributed by atoms with Crippen LogP contribution in [0.4, 0.5) is 0 Å². The van der Waals surface area contributed by atoms with Crippen molar-refractivity contribution in [2.45, 2.75) is 58.8 Å². The van der Waals surface area contributed by atoms with Crippen molar-refractivity contribution in [2.75, 3.05) is 19.6 Å². The summed E-state index contributed by atoms with van der Waals surface area (Å²) < 4.78 is 2.00. The second kappa shape index (κ2) is 9.20. The highest BCUT2D eigenvalue weighted by Gasteiger charge is 2.24. The molecule has 1 saturated heterocycles. The van der Waals surface area contributed by atoms with Crippen molar-refractivity contribution in [3.8, 4) is 11.3 Å². The Morgan fingerprint density at radius 1 is 1.26 bits per heavy atom. The van der Waals surface area contributed by atoms with Crippen LogP contribution in [0.15, 0.2) is 36.8 Å². The summed E-state index contributed by atoms with van der Waals surface area (Å²) in [4.78, 5) is 22.3. The second-order valence-electron chi connectivity index (χ2n) is 9.96. The van der Waals surface area contributed by atoms with E-state index in [-0.39, 0.29) is 0 Å². The first kappa shape index (κ1) is 23.1. The van der Waals surface area contributed by atoms with Gasteiger partial charge in [-0.2, -0.15) is 0 Å². The summed E-state index contributed by atoms with van der Waals surface area (Å²) in [6, 6.07) is 6.91. The molecule has 0 spiro atoms. The molecular formula is C28H33ClN4O. The van der Waals surface area contributed by atoms with E-state index in [0.717, 1.165) is 53.9 Å². The Labute approximate surface area is 206 Å². The van der Waals surface area contributed by atoms with Gasteiger partial charge in [0, 0.05) is 41.5 Å². The normalized spacial score (nSPS) is 15.7. The molecule has 0 aliphatic carbocycles. The molecular weight excluding hydrogens is 444 g/mol. The predicted octanol–water partition coefficient (Wildman–Crippen LogP) is 6.73. The lowest BCUT2D eigenvalue weighted by atomic mass is 9.87. The van der Waals surface area contributed by atoms with Crippen LogP contribution in [-0.4, -0.2) is 44.7 Å². The van der Waals surface area contributed by atoms with E-state index in [1.54, 1.807) is 6.20 Å². The van der Waals surface area contributed by atoms with Gasteiger partial charge < -0.3 is 9.38 Å². The van der Waals surface area contributed by atoms with Crippen molar-refractivity contribution in [3.05, 3.63) is 58.5 Å². The first-order valence-corrected chi connectivity index (χ1v) is 12.8. The number of nitrogens with zero attached hydrogens (tertiary/aromatic N) is 3. The topological polar surface area (TPSA) is 53.4 Å². The molecule has 0 atom stereocenters. The molecule has 3 aromatic heterocycles. The minimum Gasteiger partial charge on any atom is -0.354 e. The molecule has 0 saturated carbocycles. The molecule has 1 aliphatic rings. The molecule has 4 aromatic rings. The maximum atomic E-state index is 11.8. The lowest BCUT2D eigenvalue weighted by Gasteiger charge is -2.31. The first-order valence-electron chi connectivity index (χ1n) is 12.4. The summed E-state index contributed by atoms with van der Waals surface area (Å²) in [5.41, 5.74) is 8.00. The molecule has 34 heavy (non-hydrogen) atoms. The highest BCUT2D eigenvalue weighted by Crippen LogP contribution is 2.40. The summed E-state index contributed by atoms with van der Waals surface area (Å²) in [6.07, 6.45) is 8.69. The van der Waals surface area contributed by atoms with E-state index in [1.807, 2.05) is 17.5 Å². The lowest BCUT2D eigenvalue weighted by molar-refractivity contribution is -0.120. The van der Waals surface area contributed by atoms with E-state index in [4.69, 9.17) is 11.6 Å². The van der Waals surface area contributed by atoms with Crippen LogP contribution < -0.4 is 0 Å². The molecule has 1 fully saturated rings. The SMILES string of the molecule is CCC(=O)CN1CCC(c2ccc3[nH]c(-c4cn5ccnc5c(Cl)c4C)c(C(C)C)c3c2)CC1. The van der Waals surface area contributed by atoms with Gasteiger partial charge in [-0.05, 0) is 73.5 Å². The van der Waals surface area contributed by atoms with Gasteiger partial charge in [-0.3, -0.25) is 9.69 Å². The minimum absolute atomic E-state index is 0.338. The number of carbonyl (C=O) groups is 1. The first-order chi connectivity index (χ1) is 16.4. The molecule has 1 aromatic carbocycles. The number of Topliss-reactive ketones (excluding diaryl/α,β-unsaturated/α-hetero) is 1. The monoisotopic (exact) mass is 476 g/mol. The molecule has 1 aliphatic heterocycles. The Balaban J connectivity index is 1.52. The van der Waals surface area contributed by atoms with Crippen molar-refractivity contribution in [2.24, 2.45) is 0 Å². The number of H-pyrrole nitrogens is 1. The van der Waals surface area contributed by atoms with Crippen LogP contribution in [0, 0.1) is 6.92 Å². The van der Waals surface area contributed by atoms with Gasteiger partial charge >= 0.3 is 0 Å². The van der Waals surface area contributed by atoms with Crippen molar-refractivity contribution >= 4 is 33.9 Å². The summed E-state index contributed by atoms with van der Waals surface area (Å²) in [7, 11) is 0. The van der Waals surface area contributed by atoms with Gasteiger partial charge in [0.05, 0.1) is 17.3 Å². The molecule has 5 nitrogen and oxygen atoms in total. The van der Waals surface area contributed by atoms with Gasteiger partial charge in [0.2, 0.25) is 0 Å². The van der Waals surface area contributed by atoms with E-state index in [9.17, 15) is 4.79 Å². The van der Waals surface area contributed by atoms with Crippen molar-refractivity contribution in [3.63, 3.8) is 0 Å². The zero-order valence-electron chi connectivity index (χ0n) is 20.5. The number of nitrogens with one attached hydrogen (secondary N) is 1. The molecule has 0 amide bonds. The van der Waals surface area contributed by atoms with Gasteiger partial charge in [-0.1, -0.05) is 38.4 Å². The Morgan fingerprint density at radius 3 is 2.74 bits per heavy atom. The fourth-order valence-corrected chi connectivity index (χ4v) is 5.69. The predicted molar refractivity (Wildman–Crippen MR) is 140 cm³/mol. The van der Waals surface area contributed by atoms with Crippen LogP contribution in [0.2, 0.25) is 5.02 Å². The summed E-state index contributed by atoms with van der Waals surface area (Å²) >= 11 is 6.71. The molecule has 0 bridgehead atoms. The molecule has 178 valence electrons. The van der Waals surface area contributed by atoms with Gasteiger partial charge in [0.25, 0.3) is 0 Å². The second-order valence-corrected chi connectivity index (χ2v) is 10.3. The molecule has 1 N–H and O–H groups in total. The standard InChI is InChI=1S/C28H33ClN4O/c1-5-21(34)15-32-11-8-19(9-12-32)20-6-7-24-22(14-20)25(17(2)3)27(31-24)23-16-33-13-10-30-28(33)26(29)18(23)4/h6-7,10,13-14,16-17,19,31H,5,8-9,11-12,15H2,1-4H3. The quantitative estimate of drug-likeness (QED) is 0.335. The lowest BCUT2D eigenvalue weighted by Crippen LogP contribution is -2.36. The van der Waals surface area contributed by atoms with E-state index >= 15 is 0 Å². The minimum atomic E-state index is 0.338. The van der Waals surface area contributed by atoms with Crippen LogP contribution in [0.25, 0.3) is 27.8 Å². The van der Waals surface area contributed by atoms with E-state index < -0.39 is 0 Å². The average Bonchev–Trinajstić information content (AvgIpc) is 3.46. The number of hydrogen-bond donors (Lipinski definition) is 1. The van der Waals surface area contributed by atoms with E-state index in [0.29, 0.717) is 35.6 Å². The summed E-state index contributed by atoms with van der Waals surface area (Å²) in [6.45, 7) is 11.1. The Hall–Kier alpha value is -2.63. The number of piperidine rings is 1. The summed E-state index contributed by atoms with van der Waals surface area (Å²) in [5, 5.41) is 2.00. The van der Waals surface area contributed by atoms with E-state index in [1.165, 1.54) is 16.5 Å². The number of aromatic nitrogens is 3. The number of imidazole rings is 1. The highest BCUT2D eigenvalue weighted by atomic mass is 35.5. The van der Waals surface area contributed by atoms with Crippen LogP contribution >= 0.6 is 11.6 Å². The molecule has 4 heterocycles. The number of carbonyl (C=O) groups excluding carboxylic acids is 1. The van der Waals surface area contributed by atoms with Gasteiger partial charge in [-0.25, -0.2) is 4.98 Å².